The minimum absolute atomic E-state index is 0.0825. The van der Waals surface area contributed by atoms with Crippen molar-refractivity contribution in [2.45, 2.75) is 31.9 Å². The first-order valence-corrected chi connectivity index (χ1v) is 5.66. The van der Waals surface area contributed by atoms with Gasteiger partial charge >= 0.3 is 0 Å². The zero-order valence-corrected chi connectivity index (χ0v) is 8.93. The van der Waals surface area contributed by atoms with Crippen molar-refractivity contribution >= 4 is 16.6 Å². The van der Waals surface area contributed by atoms with E-state index in [1.807, 2.05) is 19.1 Å². The largest absolute Gasteiger partial charge is 0.272 e. The lowest BCUT2D eigenvalue weighted by atomic mass is 10.5. The second-order valence-corrected chi connectivity index (χ2v) is 5.09. The second-order valence-electron chi connectivity index (χ2n) is 3.09. The highest BCUT2D eigenvalue weighted by Crippen LogP contribution is 2.31. The van der Waals surface area contributed by atoms with Crippen molar-refractivity contribution in [1.29, 1.82) is 0 Å². The molecular weight excluding hydrogens is 182 g/mol. The van der Waals surface area contributed by atoms with E-state index in [0.717, 1.165) is 4.91 Å². The Balaban J connectivity index is 2.78. The maximum atomic E-state index is 10.9. The van der Waals surface area contributed by atoms with Crippen LogP contribution in [-0.4, -0.2) is 11.2 Å². The van der Waals surface area contributed by atoms with Gasteiger partial charge in [-0.25, -0.2) is 0 Å². The lowest BCUT2D eigenvalue weighted by Gasteiger charge is -2.04. The molecule has 0 N–H and O–H groups in total. The van der Waals surface area contributed by atoms with E-state index in [1.54, 1.807) is 0 Å². The molecule has 1 fully saturated rings. The van der Waals surface area contributed by atoms with Crippen molar-refractivity contribution in [3.8, 4) is 0 Å². The van der Waals surface area contributed by atoms with Gasteiger partial charge in [0.25, 0.3) is 0 Å². The Morgan fingerprint density at radius 3 is 2.62 bits per heavy atom. The Bertz CT molecular complexity index is 287. The lowest BCUT2D eigenvalue weighted by Crippen LogP contribution is -2.00. The van der Waals surface area contributed by atoms with Gasteiger partial charge in [0.05, 0.1) is 0 Å². The second kappa shape index (κ2) is 4.51. The van der Waals surface area contributed by atoms with E-state index in [4.69, 9.17) is 0 Å². The monoisotopic (exact) mass is 197 g/mol. The molecule has 0 spiro atoms. The van der Waals surface area contributed by atoms with Crippen molar-refractivity contribution in [2.24, 2.45) is 4.36 Å². The van der Waals surface area contributed by atoms with Crippen LogP contribution in [0.5, 0.6) is 0 Å². The first kappa shape index (κ1) is 10.4. The first-order valence-electron chi connectivity index (χ1n) is 4.42. The van der Waals surface area contributed by atoms with Crippen LogP contribution in [0.3, 0.4) is 0 Å². The maximum absolute atomic E-state index is 10.9. The molecule has 0 aromatic rings. The third-order valence-electron chi connectivity index (χ3n) is 1.69. The summed E-state index contributed by atoms with van der Waals surface area (Å²) in [5, 5.41) is 0.590. The lowest BCUT2D eigenvalue weighted by molar-refractivity contribution is -0.115. The molecular formula is C10H15NOS. The van der Waals surface area contributed by atoms with Crippen molar-refractivity contribution in [1.82, 2.24) is 0 Å². The number of rotatable bonds is 3. The summed E-state index contributed by atoms with van der Waals surface area (Å²) in [6.45, 7) is 7.40. The molecule has 0 aromatic heterocycles. The van der Waals surface area contributed by atoms with Crippen LogP contribution in [-0.2, 0) is 15.5 Å². The quantitative estimate of drug-likeness (QED) is 0.639. The highest BCUT2D eigenvalue weighted by atomic mass is 32.2. The number of hydrogen-bond acceptors (Lipinski definition) is 1. The summed E-state index contributed by atoms with van der Waals surface area (Å²) in [5.74, 6) is -0.0825. The van der Waals surface area contributed by atoms with E-state index < -0.39 is 0 Å². The van der Waals surface area contributed by atoms with Crippen LogP contribution in [0, 0.1) is 0 Å². The predicted molar refractivity (Wildman–Crippen MR) is 57.5 cm³/mol. The molecule has 0 radical (unpaired) electrons. The van der Waals surface area contributed by atoms with Crippen LogP contribution in [0.4, 0.5) is 0 Å². The van der Waals surface area contributed by atoms with Gasteiger partial charge in [-0.2, -0.15) is 4.36 Å². The normalized spacial score (nSPS) is 19.2. The molecule has 1 atom stereocenters. The summed E-state index contributed by atoms with van der Waals surface area (Å²) in [7, 11) is -0.246. The van der Waals surface area contributed by atoms with Crippen molar-refractivity contribution in [3.05, 3.63) is 23.6 Å². The summed E-state index contributed by atoms with van der Waals surface area (Å²) in [6.07, 6.45) is 6.28. The highest BCUT2D eigenvalue weighted by Gasteiger charge is 2.27. The molecule has 1 saturated carbocycles. The summed E-state index contributed by atoms with van der Waals surface area (Å²) < 4.78 is 4.10. The van der Waals surface area contributed by atoms with Gasteiger partial charge in [-0.1, -0.05) is 29.4 Å². The van der Waals surface area contributed by atoms with E-state index in [2.05, 4.69) is 10.9 Å². The zero-order chi connectivity index (χ0) is 9.84. The summed E-state index contributed by atoms with van der Waals surface area (Å²) in [6, 6.07) is 0. The maximum Gasteiger partial charge on any atom is 0.248 e. The van der Waals surface area contributed by atoms with Gasteiger partial charge in [0.15, 0.2) is 0 Å². The number of nitrogens with zero attached hydrogens (tertiary/aromatic N) is 1. The standard InChI is InChI=1S/C10H15NOS/c1-4-5-8(2)13(10-6-7-10)11-9(3)12/h4-5,10H,2,6-7H2,1,3H3/b5-4-. The van der Waals surface area contributed by atoms with E-state index >= 15 is 0 Å². The summed E-state index contributed by atoms with van der Waals surface area (Å²) in [4.78, 5) is 11.9. The molecule has 1 aliphatic carbocycles. The highest BCUT2D eigenvalue weighted by molar-refractivity contribution is 7.92. The van der Waals surface area contributed by atoms with Crippen LogP contribution < -0.4 is 0 Å². The predicted octanol–water partition coefficient (Wildman–Crippen LogP) is 2.59. The van der Waals surface area contributed by atoms with E-state index in [0.29, 0.717) is 5.25 Å². The fourth-order valence-electron chi connectivity index (χ4n) is 1.03. The Labute approximate surface area is 81.8 Å². The molecule has 3 heteroatoms. The minimum Gasteiger partial charge on any atom is -0.272 e. The number of allylic oxidation sites excluding steroid dienone is 2. The van der Waals surface area contributed by atoms with Crippen LogP contribution in [0.15, 0.2) is 28.0 Å². The zero-order valence-electron chi connectivity index (χ0n) is 8.12. The molecule has 13 heavy (non-hydrogen) atoms. The minimum atomic E-state index is -0.246. The molecule has 1 unspecified atom stereocenters. The Morgan fingerprint density at radius 2 is 2.23 bits per heavy atom. The summed E-state index contributed by atoms with van der Waals surface area (Å²) in [5.41, 5.74) is 0. The average Bonchev–Trinajstić information content (AvgIpc) is 2.82. The average molecular weight is 197 g/mol. The number of carbonyl (C=O) groups excluding carboxylic acids is 1. The van der Waals surface area contributed by atoms with Crippen LogP contribution in [0.25, 0.3) is 0 Å². The Hall–Kier alpha value is -0.700. The van der Waals surface area contributed by atoms with Crippen LogP contribution in [0.1, 0.15) is 26.7 Å². The molecule has 1 rings (SSSR count). The van der Waals surface area contributed by atoms with Gasteiger partial charge in [-0.3, -0.25) is 4.79 Å². The molecule has 0 aliphatic heterocycles. The topological polar surface area (TPSA) is 29.4 Å². The molecule has 0 bridgehead atoms. The smallest absolute Gasteiger partial charge is 0.248 e. The molecule has 0 heterocycles. The summed E-state index contributed by atoms with van der Waals surface area (Å²) >= 11 is 0. The van der Waals surface area contributed by atoms with Crippen LogP contribution in [0.2, 0.25) is 0 Å². The molecule has 0 saturated heterocycles. The van der Waals surface area contributed by atoms with Gasteiger partial charge in [0.1, 0.15) is 0 Å². The molecule has 1 aliphatic rings. The van der Waals surface area contributed by atoms with Gasteiger partial charge in [-0.05, 0) is 19.8 Å². The number of carbonyl (C=O) groups is 1. The third-order valence-corrected chi connectivity index (χ3v) is 3.92. The van der Waals surface area contributed by atoms with Gasteiger partial charge in [-0.15, -0.1) is 0 Å². The molecule has 1 amide bonds. The van der Waals surface area contributed by atoms with Gasteiger partial charge in [0.2, 0.25) is 5.91 Å². The molecule has 2 nitrogen and oxygen atoms in total. The fraction of sp³-hybridized carbons (Fsp3) is 0.500. The van der Waals surface area contributed by atoms with E-state index in [9.17, 15) is 4.79 Å². The van der Waals surface area contributed by atoms with Crippen molar-refractivity contribution in [2.75, 3.05) is 0 Å². The molecule has 0 aromatic carbocycles. The first-order chi connectivity index (χ1) is 6.15. The van der Waals surface area contributed by atoms with Gasteiger partial charge in [0, 0.05) is 17.1 Å². The Kier molecular flexibility index (Phi) is 3.60. The third kappa shape index (κ3) is 3.27. The molecule has 72 valence electrons. The SMILES string of the molecule is C=C(/C=C\C)S(=NC(C)=O)C1CC1. The van der Waals surface area contributed by atoms with Crippen molar-refractivity contribution < 1.29 is 4.79 Å². The van der Waals surface area contributed by atoms with E-state index in [-0.39, 0.29) is 16.6 Å². The van der Waals surface area contributed by atoms with E-state index in [1.165, 1.54) is 19.8 Å². The number of hydrogen-bond donors (Lipinski definition) is 0. The van der Waals surface area contributed by atoms with Crippen molar-refractivity contribution in [3.63, 3.8) is 0 Å². The Morgan fingerprint density at radius 1 is 1.62 bits per heavy atom. The number of amides is 1. The van der Waals surface area contributed by atoms with Gasteiger partial charge < -0.3 is 0 Å². The fourth-order valence-corrected chi connectivity index (χ4v) is 2.86. The van der Waals surface area contributed by atoms with Crippen LogP contribution >= 0.6 is 0 Å².